The van der Waals surface area contributed by atoms with Crippen molar-refractivity contribution < 1.29 is 0 Å². The van der Waals surface area contributed by atoms with Crippen LogP contribution in [0.5, 0.6) is 0 Å². The normalized spacial score (nSPS) is 10.9. The van der Waals surface area contributed by atoms with E-state index in [4.69, 9.17) is 0 Å². The second kappa shape index (κ2) is 4.87. The Morgan fingerprint density at radius 3 is 2.52 bits per heavy atom. The Bertz CT molecular complexity index is 889. The molecule has 2 aromatic heterocycles. The van der Waals surface area contributed by atoms with E-state index in [-0.39, 0.29) is 0 Å². The third-order valence-corrected chi connectivity index (χ3v) is 3.61. The average molecular weight is 271 g/mol. The first kappa shape index (κ1) is 11.9. The molecule has 0 atom stereocenters. The molecular formula is C18H13N3. The molecule has 2 aromatic carbocycles. The van der Waals surface area contributed by atoms with Gasteiger partial charge >= 0.3 is 0 Å². The number of aromatic nitrogens is 3. The monoisotopic (exact) mass is 271 g/mol. The predicted octanol–water partition coefficient (Wildman–Crippen LogP) is 4.29. The van der Waals surface area contributed by atoms with Crippen molar-refractivity contribution in [2.75, 3.05) is 0 Å². The molecule has 0 unspecified atom stereocenters. The molecule has 0 bridgehead atoms. The van der Waals surface area contributed by atoms with Crippen LogP contribution in [-0.4, -0.2) is 15.0 Å². The van der Waals surface area contributed by atoms with E-state index in [0.29, 0.717) is 0 Å². The zero-order valence-corrected chi connectivity index (χ0v) is 11.3. The Hall–Kier alpha value is -2.94. The number of H-pyrrole nitrogens is 1. The lowest BCUT2D eigenvalue weighted by Crippen LogP contribution is -1.84. The van der Waals surface area contributed by atoms with Crippen LogP contribution in [0, 0.1) is 0 Å². The lowest BCUT2D eigenvalue weighted by molar-refractivity contribution is 1.30. The van der Waals surface area contributed by atoms with Crippen molar-refractivity contribution in [2.24, 2.45) is 0 Å². The summed E-state index contributed by atoms with van der Waals surface area (Å²) < 4.78 is 0. The molecule has 1 N–H and O–H groups in total. The highest BCUT2D eigenvalue weighted by Gasteiger charge is 2.08. The lowest BCUT2D eigenvalue weighted by atomic mass is 10.0. The van der Waals surface area contributed by atoms with Gasteiger partial charge in [-0.2, -0.15) is 0 Å². The van der Waals surface area contributed by atoms with Gasteiger partial charge in [-0.1, -0.05) is 42.5 Å². The number of nitrogens with zero attached hydrogens (tertiary/aromatic N) is 2. The van der Waals surface area contributed by atoms with Crippen LogP contribution in [0.1, 0.15) is 0 Å². The number of hydrogen-bond acceptors (Lipinski definition) is 2. The highest BCUT2D eigenvalue weighted by Crippen LogP contribution is 2.28. The molecule has 0 saturated heterocycles. The highest BCUT2D eigenvalue weighted by atomic mass is 14.9. The van der Waals surface area contributed by atoms with Gasteiger partial charge in [0.15, 0.2) is 0 Å². The molecule has 100 valence electrons. The van der Waals surface area contributed by atoms with Gasteiger partial charge in [0.1, 0.15) is 5.82 Å². The Labute approximate surface area is 122 Å². The van der Waals surface area contributed by atoms with Crippen molar-refractivity contribution in [1.82, 2.24) is 15.0 Å². The Morgan fingerprint density at radius 1 is 0.810 bits per heavy atom. The largest absolute Gasteiger partial charge is 0.338 e. The summed E-state index contributed by atoms with van der Waals surface area (Å²) in [4.78, 5) is 12.0. The fourth-order valence-electron chi connectivity index (χ4n) is 2.57. The lowest BCUT2D eigenvalue weighted by Gasteiger charge is -2.03. The number of nitrogens with one attached hydrogen (secondary N) is 1. The zero-order valence-electron chi connectivity index (χ0n) is 11.3. The van der Waals surface area contributed by atoms with Crippen LogP contribution in [0.4, 0.5) is 0 Å². The van der Waals surface area contributed by atoms with Crippen LogP contribution >= 0.6 is 0 Å². The minimum atomic E-state index is 0.888. The van der Waals surface area contributed by atoms with Crippen molar-refractivity contribution in [3.8, 4) is 22.6 Å². The molecule has 0 saturated carbocycles. The third-order valence-electron chi connectivity index (χ3n) is 3.61. The fraction of sp³-hybridized carbons (Fsp3) is 0. The van der Waals surface area contributed by atoms with Crippen molar-refractivity contribution in [1.29, 1.82) is 0 Å². The van der Waals surface area contributed by atoms with Gasteiger partial charge in [0, 0.05) is 23.5 Å². The topological polar surface area (TPSA) is 41.6 Å². The molecule has 2 heterocycles. The van der Waals surface area contributed by atoms with Gasteiger partial charge < -0.3 is 4.98 Å². The van der Waals surface area contributed by atoms with Crippen LogP contribution in [-0.2, 0) is 0 Å². The molecule has 4 rings (SSSR count). The predicted molar refractivity (Wildman–Crippen MR) is 84.8 cm³/mol. The summed E-state index contributed by atoms with van der Waals surface area (Å²) in [7, 11) is 0. The van der Waals surface area contributed by atoms with Crippen LogP contribution in [0.3, 0.4) is 0 Å². The number of pyridine rings is 1. The molecule has 21 heavy (non-hydrogen) atoms. The number of benzene rings is 2. The molecule has 0 aliphatic carbocycles. The summed E-state index contributed by atoms with van der Waals surface area (Å²) in [6.07, 6.45) is 5.44. The highest BCUT2D eigenvalue weighted by molar-refractivity contribution is 5.95. The minimum absolute atomic E-state index is 0.888. The molecule has 0 spiro atoms. The Morgan fingerprint density at radius 2 is 1.62 bits per heavy atom. The molecule has 0 aliphatic rings. The van der Waals surface area contributed by atoms with Crippen LogP contribution in [0.2, 0.25) is 0 Å². The number of aromatic amines is 1. The summed E-state index contributed by atoms with van der Waals surface area (Å²) in [5.74, 6) is 0.888. The first-order chi connectivity index (χ1) is 10.4. The molecule has 0 amide bonds. The van der Waals surface area contributed by atoms with E-state index in [2.05, 4.69) is 57.4 Å². The number of rotatable bonds is 2. The van der Waals surface area contributed by atoms with Gasteiger partial charge in [0.2, 0.25) is 0 Å². The average Bonchev–Trinajstić information content (AvgIpc) is 3.05. The van der Waals surface area contributed by atoms with Gasteiger partial charge in [-0.05, 0) is 22.9 Å². The molecule has 0 radical (unpaired) electrons. The summed E-state index contributed by atoms with van der Waals surface area (Å²) in [5.41, 5.74) is 3.21. The second-order valence-electron chi connectivity index (χ2n) is 4.91. The molecule has 4 aromatic rings. The van der Waals surface area contributed by atoms with E-state index in [1.54, 1.807) is 12.4 Å². The van der Waals surface area contributed by atoms with E-state index in [1.165, 1.54) is 10.8 Å². The molecule has 3 heteroatoms. The van der Waals surface area contributed by atoms with E-state index in [9.17, 15) is 0 Å². The Balaban J connectivity index is 1.85. The molecular weight excluding hydrogens is 258 g/mol. The standard InChI is InChI=1S/C18H13N3/c1-2-6-15-13(4-1)5-3-7-16(15)18-20-12-17(21-18)14-8-10-19-11-9-14/h1-12H,(H,20,21). The molecule has 0 fully saturated rings. The quantitative estimate of drug-likeness (QED) is 0.591. The van der Waals surface area contributed by atoms with Crippen LogP contribution in [0.25, 0.3) is 33.4 Å². The molecule has 3 nitrogen and oxygen atoms in total. The van der Waals surface area contributed by atoms with Crippen molar-refractivity contribution >= 4 is 10.8 Å². The van der Waals surface area contributed by atoms with Crippen molar-refractivity contribution in [3.63, 3.8) is 0 Å². The summed E-state index contributed by atoms with van der Waals surface area (Å²) in [6.45, 7) is 0. The smallest absolute Gasteiger partial charge is 0.138 e. The van der Waals surface area contributed by atoms with E-state index >= 15 is 0 Å². The van der Waals surface area contributed by atoms with Gasteiger partial charge in [-0.25, -0.2) is 4.98 Å². The summed E-state index contributed by atoms with van der Waals surface area (Å²) >= 11 is 0. The zero-order chi connectivity index (χ0) is 14.1. The first-order valence-electron chi connectivity index (χ1n) is 6.85. The second-order valence-corrected chi connectivity index (χ2v) is 4.91. The number of hydrogen-bond donors (Lipinski definition) is 1. The summed E-state index contributed by atoms with van der Waals surface area (Å²) in [5, 5.41) is 2.42. The van der Waals surface area contributed by atoms with Gasteiger partial charge in [0.25, 0.3) is 0 Å². The van der Waals surface area contributed by atoms with Crippen LogP contribution in [0.15, 0.2) is 73.2 Å². The van der Waals surface area contributed by atoms with E-state index in [1.807, 2.05) is 18.3 Å². The number of imidazole rings is 1. The SMILES string of the molecule is c1ccc2c(-c3ncc(-c4ccncc4)[nH]3)cccc2c1. The maximum Gasteiger partial charge on any atom is 0.138 e. The Kier molecular flexibility index (Phi) is 2.75. The maximum atomic E-state index is 4.54. The van der Waals surface area contributed by atoms with E-state index < -0.39 is 0 Å². The first-order valence-corrected chi connectivity index (χ1v) is 6.85. The summed E-state index contributed by atoms with van der Waals surface area (Å²) in [6, 6.07) is 18.6. The van der Waals surface area contributed by atoms with Crippen LogP contribution < -0.4 is 0 Å². The van der Waals surface area contributed by atoms with Crippen molar-refractivity contribution in [2.45, 2.75) is 0 Å². The number of fused-ring (bicyclic) bond motifs is 1. The van der Waals surface area contributed by atoms with Crippen molar-refractivity contribution in [3.05, 3.63) is 73.2 Å². The third kappa shape index (κ3) is 2.09. The van der Waals surface area contributed by atoms with Gasteiger partial charge in [-0.3, -0.25) is 4.98 Å². The van der Waals surface area contributed by atoms with E-state index in [0.717, 1.165) is 22.6 Å². The maximum absolute atomic E-state index is 4.54. The minimum Gasteiger partial charge on any atom is -0.338 e. The van der Waals surface area contributed by atoms with Gasteiger partial charge in [0.05, 0.1) is 11.9 Å². The fourth-order valence-corrected chi connectivity index (χ4v) is 2.57. The van der Waals surface area contributed by atoms with Gasteiger partial charge in [-0.15, -0.1) is 0 Å². The molecule has 0 aliphatic heterocycles.